The van der Waals surface area contributed by atoms with Gasteiger partial charge in [-0.05, 0) is 22.0 Å². The molecule has 0 N–H and O–H groups in total. The third-order valence-electron chi connectivity index (χ3n) is 1.55. The van der Waals surface area contributed by atoms with Gasteiger partial charge in [0.2, 0.25) is 0 Å². The van der Waals surface area contributed by atoms with Crippen LogP contribution in [0, 0.1) is 0 Å². The fourth-order valence-corrected chi connectivity index (χ4v) is 2.55. The molecule has 5 heteroatoms. The number of hydrogen-bond donors (Lipinski definition) is 0. The van der Waals surface area contributed by atoms with E-state index >= 15 is 0 Å². The van der Waals surface area contributed by atoms with Crippen LogP contribution in [0.3, 0.4) is 0 Å². The zero-order valence-corrected chi connectivity index (χ0v) is 8.43. The standard InChI is InChI=1S/C7H5BrN2OS/c8-7-3-5-6(12-7)4-9-10(5)1-2-11/h2-4H,1H2. The van der Waals surface area contributed by atoms with Crippen LogP contribution in [0.15, 0.2) is 16.0 Å². The third-order valence-corrected chi connectivity index (χ3v) is 3.11. The van der Waals surface area contributed by atoms with E-state index in [1.807, 2.05) is 6.07 Å². The van der Waals surface area contributed by atoms with Gasteiger partial charge in [-0.2, -0.15) is 5.10 Å². The molecule has 0 atom stereocenters. The number of carbonyl (C=O) groups is 1. The Balaban J connectivity index is 2.60. The van der Waals surface area contributed by atoms with Crippen molar-refractivity contribution in [2.45, 2.75) is 6.54 Å². The molecule has 3 nitrogen and oxygen atoms in total. The summed E-state index contributed by atoms with van der Waals surface area (Å²) in [6, 6.07) is 1.97. The summed E-state index contributed by atoms with van der Waals surface area (Å²) in [5.74, 6) is 0. The molecule has 2 aromatic heterocycles. The van der Waals surface area contributed by atoms with Crippen molar-refractivity contribution in [3.05, 3.63) is 16.0 Å². The molecule has 0 bridgehead atoms. The van der Waals surface area contributed by atoms with Gasteiger partial charge in [0.05, 0.1) is 26.7 Å². The lowest BCUT2D eigenvalue weighted by molar-refractivity contribution is -0.108. The lowest BCUT2D eigenvalue weighted by atomic mass is 10.5. The van der Waals surface area contributed by atoms with Gasteiger partial charge in [0.25, 0.3) is 0 Å². The molecule has 2 aromatic rings. The summed E-state index contributed by atoms with van der Waals surface area (Å²) in [4.78, 5) is 10.3. The van der Waals surface area contributed by atoms with Crippen molar-refractivity contribution in [1.29, 1.82) is 0 Å². The summed E-state index contributed by atoms with van der Waals surface area (Å²) in [5.41, 5.74) is 1.01. The van der Waals surface area contributed by atoms with Crippen LogP contribution in [0.5, 0.6) is 0 Å². The summed E-state index contributed by atoms with van der Waals surface area (Å²) < 4.78 is 3.85. The quantitative estimate of drug-likeness (QED) is 0.759. The molecule has 0 amide bonds. The van der Waals surface area contributed by atoms with Gasteiger partial charge in [-0.15, -0.1) is 11.3 Å². The number of aldehydes is 1. The molecule has 0 saturated heterocycles. The summed E-state index contributed by atoms with van der Waals surface area (Å²) in [6.07, 6.45) is 2.62. The molecule has 0 fully saturated rings. The molecule has 62 valence electrons. The minimum atomic E-state index is 0.326. The average molecular weight is 245 g/mol. The van der Waals surface area contributed by atoms with Crippen molar-refractivity contribution in [3.63, 3.8) is 0 Å². The van der Waals surface area contributed by atoms with Crippen LogP contribution in [0.1, 0.15) is 0 Å². The fourth-order valence-electron chi connectivity index (χ4n) is 1.06. The zero-order valence-electron chi connectivity index (χ0n) is 6.03. The molecule has 2 rings (SSSR count). The Labute approximate surface area is 81.1 Å². The van der Waals surface area contributed by atoms with Crippen molar-refractivity contribution in [1.82, 2.24) is 9.78 Å². The number of hydrogen-bond acceptors (Lipinski definition) is 3. The maximum Gasteiger partial charge on any atom is 0.141 e. The first kappa shape index (κ1) is 7.94. The second-order valence-electron chi connectivity index (χ2n) is 2.29. The van der Waals surface area contributed by atoms with E-state index in [4.69, 9.17) is 0 Å². The van der Waals surface area contributed by atoms with Crippen molar-refractivity contribution in [3.8, 4) is 0 Å². The highest BCUT2D eigenvalue weighted by molar-refractivity contribution is 9.11. The Morgan fingerprint density at radius 3 is 3.33 bits per heavy atom. The molecular weight excluding hydrogens is 240 g/mol. The Morgan fingerprint density at radius 1 is 1.75 bits per heavy atom. The number of rotatable bonds is 2. The number of thiophene rings is 1. The van der Waals surface area contributed by atoms with E-state index in [1.54, 1.807) is 22.2 Å². The van der Waals surface area contributed by atoms with Crippen LogP contribution in [-0.4, -0.2) is 16.1 Å². The van der Waals surface area contributed by atoms with Crippen LogP contribution in [-0.2, 0) is 11.3 Å². The van der Waals surface area contributed by atoms with Gasteiger partial charge in [-0.3, -0.25) is 4.68 Å². The van der Waals surface area contributed by atoms with E-state index in [-0.39, 0.29) is 0 Å². The molecule has 0 radical (unpaired) electrons. The highest BCUT2D eigenvalue weighted by atomic mass is 79.9. The van der Waals surface area contributed by atoms with Crippen molar-refractivity contribution < 1.29 is 4.79 Å². The summed E-state index contributed by atoms with van der Waals surface area (Å²) in [5, 5.41) is 4.06. The minimum Gasteiger partial charge on any atom is -0.301 e. The van der Waals surface area contributed by atoms with E-state index in [0.29, 0.717) is 6.54 Å². The first-order valence-electron chi connectivity index (χ1n) is 3.36. The van der Waals surface area contributed by atoms with Crippen LogP contribution in [0.4, 0.5) is 0 Å². The van der Waals surface area contributed by atoms with E-state index in [9.17, 15) is 4.79 Å². The summed E-state index contributed by atoms with van der Waals surface area (Å²) in [6.45, 7) is 0.326. The number of aromatic nitrogens is 2. The molecular formula is C7H5BrN2OS. The summed E-state index contributed by atoms with van der Waals surface area (Å²) in [7, 11) is 0. The number of fused-ring (bicyclic) bond motifs is 1. The SMILES string of the molecule is O=CCn1ncc2sc(Br)cc21. The maximum absolute atomic E-state index is 10.3. The molecule has 12 heavy (non-hydrogen) atoms. The van der Waals surface area contributed by atoms with Gasteiger partial charge in [-0.25, -0.2) is 0 Å². The van der Waals surface area contributed by atoms with E-state index in [2.05, 4.69) is 21.0 Å². The second kappa shape index (κ2) is 2.99. The summed E-state index contributed by atoms with van der Waals surface area (Å²) >= 11 is 4.99. The molecule has 0 aliphatic carbocycles. The molecule has 0 unspecified atom stereocenters. The third kappa shape index (κ3) is 1.19. The number of carbonyl (C=O) groups excluding carboxylic acids is 1. The first-order chi connectivity index (χ1) is 5.81. The normalized spacial score (nSPS) is 10.8. The highest BCUT2D eigenvalue weighted by Gasteiger charge is 2.04. The van der Waals surface area contributed by atoms with Gasteiger partial charge >= 0.3 is 0 Å². The van der Waals surface area contributed by atoms with E-state index in [0.717, 1.165) is 20.3 Å². The lowest BCUT2D eigenvalue weighted by Gasteiger charge is -1.91. The largest absolute Gasteiger partial charge is 0.301 e. The molecule has 0 aromatic carbocycles. The zero-order chi connectivity index (χ0) is 8.55. The molecule has 0 aliphatic heterocycles. The molecule has 2 heterocycles. The van der Waals surface area contributed by atoms with Gasteiger partial charge in [-0.1, -0.05) is 0 Å². The Kier molecular flexibility index (Phi) is 1.98. The van der Waals surface area contributed by atoms with Gasteiger partial charge in [0, 0.05) is 0 Å². The van der Waals surface area contributed by atoms with Crippen molar-refractivity contribution >= 4 is 43.8 Å². The van der Waals surface area contributed by atoms with Crippen molar-refractivity contribution in [2.24, 2.45) is 0 Å². The minimum absolute atomic E-state index is 0.326. The van der Waals surface area contributed by atoms with Crippen LogP contribution < -0.4 is 0 Å². The molecule has 0 spiro atoms. The van der Waals surface area contributed by atoms with Gasteiger partial charge in [0.15, 0.2) is 0 Å². The van der Waals surface area contributed by atoms with Gasteiger partial charge in [0.1, 0.15) is 6.29 Å². The van der Waals surface area contributed by atoms with E-state index in [1.165, 1.54) is 0 Å². The number of nitrogens with zero attached hydrogens (tertiary/aromatic N) is 2. The monoisotopic (exact) mass is 244 g/mol. The van der Waals surface area contributed by atoms with E-state index < -0.39 is 0 Å². The molecule has 0 saturated carbocycles. The fraction of sp³-hybridized carbons (Fsp3) is 0.143. The number of halogens is 1. The predicted octanol–water partition coefficient (Wildman–Crippen LogP) is 2.06. The second-order valence-corrected chi connectivity index (χ2v) is 4.76. The maximum atomic E-state index is 10.3. The Morgan fingerprint density at radius 2 is 2.58 bits per heavy atom. The topological polar surface area (TPSA) is 34.9 Å². The van der Waals surface area contributed by atoms with Crippen LogP contribution in [0.2, 0.25) is 0 Å². The lowest BCUT2D eigenvalue weighted by Crippen LogP contribution is -1.99. The smallest absolute Gasteiger partial charge is 0.141 e. The first-order valence-corrected chi connectivity index (χ1v) is 4.96. The van der Waals surface area contributed by atoms with Crippen molar-refractivity contribution in [2.75, 3.05) is 0 Å². The predicted molar refractivity (Wildman–Crippen MR) is 51.4 cm³/mol. The Hall–Kier alpha value is -0.680. The average Bonchev–Trinajstić information content (AvgIpc) is 2.52. The molecule has 0 aliphatic rings. The highest BCUT2D eigenvalue weighted by Crippen LogP contribution is 2.29. The van der Waals surface area contributed by atoms with Crippen LogP contribution >= 0.6 is 27.3 Å². The Bertz CT molecular complexity index is 420. The van der Waals surface area contributed by atoms with Crippen LogP contribution in [0.25, 0.3) is 10.2 Å². The van der Waals surface area contributed by atoms with Gasteiger partial charge < -0.3 is 4.79 Å².